The van der Waals surface area contributed by atoms with Crippen molar-refractivity contribution >= 4 is 34.5 Å². The Morgan fingerprint density at radius 1 is 1.34 bits per heavy atom. The van der Waals surface area contributed by atoms with Gasteiger partial charge in [0.25, 0.3) is 18.2 Å². The van der Waals surface area contributed by atoms with Crippen molar-refractivity contribution in [1.29, 1.82) is 0 Å². The van der Waals surface area contributed by atoms with E-state index < -0.39 is 30.0 Å². The summed E-state index contributed by atoms with van der Waals surface area (Å²) in [5.74, 6) is 9.80. The van der Waals surface area contributed by atoms with Gasteiger partial charge >= 0.3 is 0 Å². The molecule has 32 heavy (non-hydrogen) atoms. The van der Waals surface area contributed by atoms with Crippen LogP contribution in [0.5, 0.6) is 0 Å². The van der Waals surface area contributed by atoms with Crippen molar-refractivity contribution in [2.24, 2.45) is 17.4 Å². The van der Waals surface area contributed by atoms with Gasteiger partial charge in [-0.05, 0) is 32.0 Å². The molecule has 0 aromatic carbocycles. The van der Waals surface area contributed by atoms with Gasteiger partial charge in [-0.3, -0.25) is 24.4 Å². The number of aromatic nitrogens is 2. The van der Waals surface area contributed by atoms with E-state index in [1.165, 1.54) is 30.5 Å². The average Bonchev–Trinajstić information content (AvgIpc) is 3.38. The summed E-state index contributed by atoms with van der Waals surface area (Å²) in [6.07, 6.45) is 0.762. The number of pyridine rings is 1. The molecule has 0 saturated heterocycles. The fraction of sp³-hybridized carbons (Fsp3) is 0.211. The standard InChI is InChI=1S/C19H22F2N8O2S/c1-9-3-4-15(32-9)14-7-25-17-12(29(24)13(6-22)16(20)21)5-11(8-28(14)17)19(31)26-10(2)18(30)27-23/h3-8,10,16H,22-24H2,1-2H3,(H,26,31)(H,27,30)/b13-6-/t10-/m0/s1. The van der Waals surface area contributed by atoms with Crippen molar-refractivity contribution in [2.45, 2.75) is 26.3 Å². The first-order valence-corrected chi connectivity index (χ1v) is 10.1. The molecule has 2 amide bonds. The lowest BCUT2D eigenvalue weighted by atomic mass is 10.2. The van der Waals surface area contributed by atoms with Gasteiger partial charge < -0.3 is 11.1 Å². The monoisotopic (exact) mass is 464 g/mol. The molecule has 0 unspecified atom stereocenters. The molecule has 0 aliphatic rings. The number of nitrogens with zero attached hydrogens (tertiary/aromatic N) is 3. The van der Waals surface area contributed by atoms with Crippen LogP contribution in [0.2, 0.25) is 0 Å². The second-order valence-electron chi connectivity index (χ2n) is 6.83. The molecule has 0 saturated carbocycles. The highest BCUT2D eigenvalue weighted by molar-refractivity contribution is 7.15. The van der Waals surface area contributed by atoms with Crippen LogP contribution in [0.1, 0.15) is 22.2 Å². The van der Waals surface area contributed by atoms with Gasteiger partial charge in [-0.2, -0.15) is 0 Å². The number of carbonyl (C=O) groups is 2. The number of hydrogen-bond acceptors (Lipinski definition) is 8. The molecular weight excluding hydrogens is 442 g/mol. The number of imidazole rings is 1. The Kier molecular flexibility index (Phi) is 6.72. The van der Waals surface area contributed by atoms with Crippen molar-refractivity contribution in [2.75, 3.05) is 5.01 Å². The minimum absolute atomic E-state index is 0.0186. The summed E-state index contributed by atoms with van der Waals surface area (Å²) in [4.78, 5) is 30.7. The second kappa shape index (κ2) is 9.30. The van der Waals surface area contributed by atoms with Crippen LogP contribution < -0.4 is 33.2 Å². The Hall–Kier alpha value is -3.55. The smallest absolute Gasteiger partial charge is 0.281 e. The molecular formula is C19H22F2N8O2S. The molecule has 10 nitrogen and oxygen atoms in total. The van der Waals surface area contributed by atoms with Crippen molar-refractivity contribution in [3.63, 3.8) is 0 Å². The van der Waals surface area contributed by atoms with E-state index in [0.29, 0.717) is 16.9 Å². The highest BCUT2D eigenvalue weighted by atomic mass is 32.1. The Labute approximate surface area is 185 Å². The van der Waals surface area contributed by atoms with Crippen molar-refractivity contribution < 1.29 is 18.4 Å². The maximum atomic E-state index is 13.4. The summed E-state index contributed by atoms with van der Waals surface area (Å²) in [5.41, 5.74) is 7.55. The molecule has 13 heteroatoms. The summed E-state index contributed by atoms with van der Waals surface area (Å²) < 4.78 is 28.4. The topological polar surface area (TPSA) is 157 Å². The number of hydrogen-bond donors (Lipinski definition) is 5. The fourth-order valence-corrected chi connectivity index (χ4v) is 3.87. The number of allylic oxidation sites excluding steroid dienone is 1. The number of aryl methyl sites for hydroxylation is 1. The van der Waals surface area contributed by atoms with Gasteiger partial charge in [-0.25, -0.2) is 25.5 Å². The van der Waals surface area contributed by atoms with Crippen LogP contribution in [0.3, 0.4) is 0 Å². The first kappa shape index (κ1) is 23.1. The molecule has 0 aliphatic carbocycles. The first-order valence-electron chi connectivity index (χ1n) is 9.32. The zero-order valence-electron chi connectivity index (χ0n) is 17.2. The lowest BCUT2D eigenvalue weighted by molar-refractivity contribution is -0.122. The minimum Gasteiger partial charge on any atom is -0.403 e. The summed E-state index contributed by atoms with van der Waals surface area (Å²) in [6, 6.07) is 4.16. The zero-order valence-corrected chi connectivity index (χ0v) is 18.0. The average molecular weight is 465 g/mol. The Balaban J connectivity index is 2.17. The molecule has 170 valence electrons. The molecule has 3 aromatic heterocycles. The molecule has 0 spiro atoms. The maximum absolute atomic E-state index is 13.4. The molecule has 3 aromatic rings. The summed E-state index contributed by atoms with van der Waals surface area (Å²) in [5, 5.41) is 3.17. The van der Waals surface area contributed by atoms with E-state index in [1.807, 2.05) is 24.5 Å². The maximum Gasteiger partial charge on any atom is 0.281 e. The van der Waals surface area contributed by atoms with Crippen molar-refractivity contribution in [3.8, 4) is 10.6 Å². The Morgan fingerprint density at radius 2 is 2.06 bits per heavy atom. The van der Waals surface area contributed by atoms with Crippen LogP contribution in [0.15, 0.2) is 42.5 Å². The third kappa shape index (κ3) is 4.39. The van der Waals surface area contributed by atoms with Gasteiger partial charge in [0.2, 0.25) is 0 Å². The van der Waals surface area contributed by atoms with Crippen molar-refractivity contribution in [3.05, 3.63) is 52.9 Å². The van der Waals surface area contributed by atoms with Gasteiger partial charge in [0.1, 0.15) is 17.4 Å². The van der Waals surface area contributed by atoms with Gasteiger partial charge in [-0.15, -0.1) is 11.3 Å². The molecule has 1 atom stereocenters. The molecule has 0 fully saturated rings. The van der Waals surface area contributed by atoms with Crippen LogP contribution in [-0.2, 0) is 4.79 Å². The van der Waals surface area contributed by atoms with Crippen LogP contribution in [0.25, 0.3) is 16.2 Å². The third-order valence-electron chi connectivity index (χ3n) is 4.66. The number of carbonyl (C=O) groups excluding carboxylic acids is 2. The number of alkyl halides is 2. The van der Waals surface area contributed by atoms with Gasteiger partial charge in [0.15, 0.2) is 5.65 Å². The van der Waals surface area contributed by atoms with Crippen LogP contribution >= 0.6 is 11.3 Å². The number of amides is 2. The van der Waals surface area contributed by atoms with E-state index in [9.17, 15) is 18.4 Å². The molecule has 3 heterocycles. The molecule has 3 rings (SSSR count). The van der Waals surface area contributed by atoms with Crippen LogP contribution in [-0.4, -0.2) is 33.7 Å². The van der Waals surface area contributed by atoms with E-state index in [2.05, 4.69) is 10.3 Å². The lowest BCUT2D eigenvalue weighted by Crippen LogP contribution is -2.47. The molecule has 0 radical (unpaired) electrons. The largest absolute Gasteiger partial charge is 0.403 e. The summed E-state index contributed by atoms with van der Waals surface area (Å²) >= 11 is 1.50. The number of nitrogens with two attached hydrogens (primary N) is 3. The summed E-state index contributed by atoms with van der Waals surface area (Å²) in [6.45, 7) is 3.38. The molecule has 8 N–H and O–H groups in total. The van der Waals surface area contributed by atoms with Gasteiger partial charge in [-0.1, -0.05) is 0 Å². The predicted octanol–water partition coefficient (Wildman–Crippen LogP) is 1.22. The van der Waals surface area contributed by atoms with Gasteiger partial charge in [0, 0.05) is 17.3 Å². The SMILES string of the molecule is Cc1ccc(-c2cnc3c(N(N)/C(=C\N)C(F)F)cc(C(=O)N[C@@H](C)C(=O)NN)cn23)s1. The Bertz CT molecular complexity index is 1190. The number of rotatable bonds is 7. The number of halogens is 2. The Morgan fingerprint density at radius 3 is 2.62 bits per heavy atom. The molecule has 0 aliphatic heterocycles. The number of nitrogens with one attached hydrogen (secondary N) is 2. The highest BCUT2D eigenvalue weighted by Crippen LogP contribution is 2.32. The number of hydrazine groups is 2. The first-order chi connectivity index (χ1) is 15.2. The van der Waals surface area contributed by atoms with E-state index in [0.717, 1.165) is 9.75 Å². The minimum atomic E-state index is -2.97. The van der Waals surface area contributed by atoms with Gasteiger partial charge in [0.05, 0.1) is 22.3 Å². The number of thiophene rings is 1. The number of anilines is 1. The normalized spacial score (nSPS) is 12.8. The van der Waals surface area contributed by atoms with Crippen LogP contribution in [0.4, 0.5) is 14.5 Å². The van der Waals surface area contributed by atoms with Crippen LogP contribution in [0, 0.1) is 6.92 Å². The van der Waals surface area contributed by atoms with E-state index in [1.54, 1.807) is 10.6 Å². The van der Waals surface area contributed by atoms with E-state index >= 15 is 0 Å². The summed E-state index contributed by atoms with van der Waals surface area (Å²) in [7, 11) is 0. The van der Waals surface area contributed by atoms with Crippen molar-refractivity contribution in [1.82, 2.24) is 20.1 Å². The fourth-order valence-electron chi connectivity index (χ4n) is 2.99. The molecule has 0 bridgehead atoms. The number of fused-ring (bicyclic) bond motifs is 1. The third-order valence-corrected chi connectivity index (χ3v) is 5.68. The highest BCUT2D eigenvalue weighted by Gasteiger charge is 2.24. The second-order valence-corrected chi connectivity index (χ2v) is 8.12. The predicted molar refractivity (Wildman–Crippen MR) is 117 cm³/mol. The van der Waals surface area contributed by atoms with E-state index in [4.69, 9.17) is 17.4 Å². The lowest BCUT2D eigenvalue weighted by Gasteiger charge is -2.22. The van der Waals surface area contributed by atoms with E-state index in [-0.39, 0.29) is 16.9 Å². The quantitative estimate of drug-likeness (QED) is 0.200. The zero-order chi connectivity index (χ0) is 23.6.